The van der Waals surface area contributed by atoms with Crippen LogP contribution in [0.5, 0.6) is 0 Å². The van der Waals surface area contributed by atoms with Crippen molar-refractivity contribution in [2.24, 2.45) is 5.92 Å². The highest BCUT2D eigenvalue weighted by molar-refractivity contribution is 9.10. The Balaban J connectivity index is 1.77. The normalized spacial score (nSPS) is 18.2. The van der Waals surface area contributed by atoms with Crippen LogP contribution < -0.4 is 0 Å². The number of carbonyl (C=O) groups excluding carboxylic acids is 2. The third-order valence-electron chi connectivity index (χ3n) is 4.14. The van der Waals surface area contributed by atoms with Crippen LogP contribution in [0.25, 0.3) is 10.9 Å². The summed E-state index contributed by atoms with van der Waals surface area (Å²) in [6, 6.07) is 7.70. The van der Waals surface area contributed by atoms with Gasteiger partial charge in [0.2, 0.25) is 0 Å². The molecule has 1 atom stereocenters. The number of nitrogens with zero attached hydrogens (tertiary/aromatic N) is 1. The van der Waals surface area contributed by atoms with Crippen LogP contribution in [0.1, 0.15) is 30.3 Å². The molecule has 2 aromatic rings. The van der Waals surface area contributed by atoms with E-state index in [1.807, 2.05) is 24.3 Å². The van der Waals surface area contributed by atoms with Crippen molar-refractivity contribution in [3.8, 4) is 0 Å². The van der Waals surface area contributed by atoms with E-state index in [9.17, 15) is 9.59 Å². The standard InChI is InChI=1S/C17H19BrN2O3/c1-2-23-17(22)11-4-3-7-20(10-11)16(21)15-9-12-8-13(18)5-6-14(12)19-15/h5-6,8-9,11,19H,2-4,7,10H2,1H3/t11-/m1/s1. The molecule has 1 N–H and O–H groups in total. The summed E-state index contributed by atoms with van der Waals surface area (Å²) >= 11 is 3.43. The molecule has 0 bridgehead atoms. The van der Waals surface area contributed by atoms with Gasteiger partial charge in [0.05, 0.1) is 12.5 Å². The summed E-state index contributed by atoms with van der Waals surface area (Å²) in [6.45, 7) is 3.27. The second-order valence-electron chi connectivity index (χ2n) is 5.76. The van der Waals surface area contributed by atoms with Gasteiger partial charge in [-0.25, -0.2) is 0 Å². The van der Waals surface area contributed by atoms with Gasteiger partial charge in [-0.15, -0.1) is 0 Å². The summed E-state index contributed by atoms with van der Waals surface area (Å²) in [7, 11) is 0. The zero-order valence-electron chi connectivity index (χ0n) is 13.0. The second-order valence-corrected chi connectivity index (χ2v) is 6.67. The number of nitrogens with one attached hydrogen (secondary N) is 1. The summed E-state index contributed by atoms with van der Waals surface area (Å²) in [5, 5.41) is 0.988. The van der Waals surface area contributed by atoms with Crippen molar-refractivity contribution in [2.45, 2.75) is 19.8 Å². The lowest BCUT2D eigenvalue weighted by Crippen LogP contribution is -2.42. The number of esters is 1. The van der Waals surface area contributed by atoms with Crippen LogP contribution in [0.3, 0.4) is 0 Å². The number of benzene rings is 1. The largest absolute Gasteiger partial charge is 0.466 e. The van der Waals surface area contributed by atoms with E-state index in [2.05, 4.69) is 20.9 Å². The molecule has 1 aliphatic heterocycles. The molecule has 1 amide bonds. The molecule has 2 heterocycles. The lowest BCUT2D eigenvalue weighted by Gasteiger charge is -2.31. The lowest BCUT2D eigenvalue weighted by atomic mass is 9.98. The van der Waals surface area contributed by atoms with Gasteiger partial charge < -0.3 is 14.6 Å². The molecule has 5 nitrogen and oxygen atoms in total. The number of ether oxygens (including phenoxy) is 1. The maximum absolute atomic E-state index is 12.7. The van der Waals surface area contributed by atoms with E-state index in [-0.39, 0.29) is 17.8 Å². The van der Waals surface area contributed by atoms with Crippen LogP contribution in [0.4, 0.5) is 0 Å². The first-order valence-corrected chi connectivity index (χ1v) is 8.62. The quantitative estimate of drug-likeness (QED) is 0.832. The fraction of sp³-hybridized carbons (Fsp3) is 0.412. The molecule has 0 saturated carbocycles. The van der Waals surface area contributed by atoms with Crippen molar-refractivity contribution in [2.75, 3.05) is 19.7 Å². The Morgan fingerprint density at radius 3 is 3.00 bits per heavy atom. The number of fused-ring (bicyclic) bond motifs is 1. The Bertz CT molecular complexity index is 741. The molecule has 1 aliphatic rings. The Morgan fingerprint density at radius 2 is 2.22 bits per heavy atom. The predicted octanol–water partition coefficient (Wildman–Crippen LogP) is 3.35. The van der Waals surface area contributed by atoms with Crippen molar-refractivity contribution < 1.29 is 14.3 Å². The molecule has 23 heavy (non-hydrogen) atoms. The smallest absolute Gasteiger partial charge is 0.310 e. The summed E-state index contributed by atoms with van der Waals surface area (Å²) in [4.78, 5) is 29.5. The van der Waals surface area contributed by atoms with Gasteiger partial charge in [-0.2, -0.15) is 0 Å². The molecule has 1 aromatic heterocycles. The maximum atomic E-state index is 12.7. The number of hydrogen-bond acceptors (Lipinski definition) is 3. The Kier molecular flexibility index (Phi) is 4.71. The van der Waals surface area contributed by atoms with Gasteiger partial charge in [0.15, 0.2) is 0 Å². The molecule has 0 spiro atoms. The summed E-state index contributed by atoms with van der Waals surface area (Å²) in [5.74, 6) is -0.483. The summed E-state index contributed by atoms with van der Waals surface area (Å²) in [5.41, 5.74) is 1.48. The maximum Gasteiger partial charge on any atom is 0.310 e. The molecule has 1 fully saturated rings. The lowest BCUT2D eigenvalue weighted by molar-refractivity contribution is -0.149. The number of aromatic amines is 1. The van der Waals surface area contributed by atoms with Crippen molar-refractivity contribution in [3.05, 3.63) is 34.4 Å². The van der Waals surface area contributed by atoms with Crippen LogP contribution >= 0.6 is 15.9 Å². The van der Waals surface area contributed by atoms with Gasteiger partial charge >= 0.3 is 5.97 Å². The molecule has 122 valence electrons. The highest BCUT2D eigenvalue weighted by atomic mass is 79.9. The van der Waals surface area contributed by atoms with E-state index < -0.39 is 0 Å². The number of rotatable bonds is 3. The van der Waals surface area contributed by atoms with E-state index in [1.165, 1.54) is 0 Å². The molecular weight excluding hydrogens is 360 g/mol. The van der Waals surface area contributed by atoms with E-state index in [1.54, 1.807) is 11.8 Å². The number of hydrogen-bond donors (Lipinski definition) is 1. The predicted molar refractivity (Wildman–Crippen MR) is 91.3 cm³/mol. The minimum Gasteiger partial charge on any atom is -0.466 e. The third kappa shape index (κ3) is 3.42. The molecule has 1 aromatic carbocycles. The molecule has 6 heteroatoms. The molecule has 0 unspecified atom stereocenters. The Labute approximate surface area is 143 Å². The molecular formula is C17H19BrN2O3. The number of likely N-dealkylation sites (tertiary alicyclic amines) is 1. The van der Waals surface area contributed by atoms with Crippen LogP contribution in [-0.4, -0.2) is 41.5 Å². The zero-order chi connectivity index (χ0) is 16.4. The Hall–Kier alpha value is -1.82. The fourth-order valence-corrected chi connectivity index (χ4v) is 3.38. The van der Waals surface area contributed by atoms with Crippen molar-refractivity contribution in [1.82, 2.24) is 9.88 Å². The number of aromatic nitrogens is 1. The monoisotopic (exact) mass is 378 g/mol. The zero-order valence-corrected chi connectivity index (χ0v) is 14.6. The van der Waals surface area contributed by atoms with E-state index >= 15 is 0 Å². The highest BCUT2D eigenvalue weighted by Crippen LogP contribution is 2.23. The van der Waals surface area contributed by atoms with E-state index in [0.717, 1.165) is 28.2 Å². The molecule has 0 radical (unpaired) electrons. The van der Waals surface area contributed by atoms with Gasteiger partial charge in [0.1, 0.15) is 5.69 Å². The van der Waals surface area contributed by atoms with E-state index in [4.69, 9.17) is 4.74 Å². The first-order chi connectivity index (χ1) is 11.1. The van der Waals surface area contributed by atoms with Crippen LogP contribution in [0.2, 0.25) is 0 Å². The van der Waals surface area contributed by atoms with Gasteiger partial charge in [-0.3, -0.25) is 9.59 Å². The minimum absolute atomic E-state index is 0.0636. The Morgan fingerprint density at radius 1 is 1.39 bits per heavy atom. The first kappa shape index (κ1) is 16.1. The van der Waals surface area contributed by atoms with E-state index in [0.29, 0.717) is 25.4 Å². The van der Waals surface area contributed by atoms with Gasteiger partial charge in [-0.05, 0) is 44.0 Å². The number of amides is 1. The van der Waals surface area contributed by atoms with Crippen LogP contribution in [-0.2, 0) is 9.53 Å². The molecule has 1 saturated heterocycles. The minimum atomic E-state index is -0.217. The highest BCUT2D eigenvalue weighted by Gasteiger charge is 2.30. The second kappa shape index (κ2) is 6.74. The number of halogens is 1. The number of H-pyrrole nitrogens is 1. The summed E-state index contributed by atoms with van der Waals surface area (Å²) in [6.07, 6.45) is 1.60. The van der Waals surface area contributed by atoms with Crippen molar-refractivity contribution in [3.63, 3.8) is 0 Å². The molecule has 0 aliphatic carbocycles. The SMILES string of the molecule is CCOC(=O)[C@@H]1CCCN(C(=O)c2cc3cc(Br)ccc3[nH]2)C1. The summed E-state index contributed by atoms with van der Waals surface area (Å²) < 4.78 is 6.06. The van der Waals surface area contributed by atoms with Crippen LogP contribution in [0, 0.1) is 5.92 Å². The van der Waals surface area contributed by atoms with Gasteiger partial charge in [0, 0.05) is 28.5 Å². The van der Waals surface area contributed by atoms with Crippen LogP contribution in [0.15, 0.2) is 28.7 Å². The van der Waals surface area contributed by atoms with Crippen molar-refractivity contribution >= 4 is 38.7 Å². The fourth-order valence-electron chi connectivity index (χ4n) is 3.00. The first-order valence-electron chi connectivity index (χ1n) is 7.82. The van der Waals surface area contributed by atoms with Gasteiger partial charge in [0.25, 0.3) is 5.91 Å². The van der Waals surface area contributed by atoms with Gasteiger partial charge in [-0.1, -0.05) is 15.9 Å². The number of carbonyl (C=O) groups is 2. The number of piperidine rings is 1. The average molecular weight is 379 g/mol. The van der Waals surface area contributed by atoms with Crippen molar-refractivity contribution in [1.29, 1.82) is 0 Å². The average Bonchev–Trinajstić information content (AvgIpc) is 2.97. The topological polar surface area (TPSA) is 62.4 Å². The molecule has 3 rings (SSSR count). The third-order valence-corrected chi connectivity index (χ3v) is 4.63.